The van der Waals surface area contributed by atoms with Gasteiger partial charge < -0.3 is 9.80 Å². The Morgan fingerprint density at radius 1 is 1.19 bits per heavy atom. The number of carbonyl (C=O) groups is 2. The molecule has 1 aromatic heterocycles. The van der Waals surface area contributed by atoms with E-state index in [9.17, 15) is 9.59 Å². The van der Waals surface area contributed by atoms with E-state index in [0.29, 0.717) is 24.9 Å². The minimum absolute atomic E-state index is 0.0581. The summed E-state index contributed by atoms with van der Waals surface area (Å²) < 4.78 is 0. The number of hydrogen-bond donors (Lipinski definition) is 0. The Bertz CT molecular complexity index is 784. The average molecular weight is 355 g/mol. The number of benzene rings is 1. The maximum Gasteiger partial charge on any atom is 0.246 e. The molecule has 138 valence electrons. The van der Waals surface area contributed by atoms with Crippen LogP contribution in [0.25, 0.3) is 11.0 Å². The third kappa shape index (κ3) is 3.18. The number of aromatic nitrogens is 3. The molecule has 2 atom stereocenters. The maximum atomic E-state index is 12.7. The Hall–Kier alpha value is -2.44. The van der Waals surface area contributed by atoms with E-state index in [0.717, 1.165) is 43.4 Å². The summed E-state index contributed by atoms with van der Waals surface area (Å²) in [6.07, 6.45) is 3.35. The van der Waals surface area contributed by atoms with E-state index >= 15 is 0 Å². The summed E-state index contributed by atoms with van der Waals surface area (Å²) in [6, 6.07) is 7.93. The molecule has 0 unspecified atom stereocenters. The van der Waals surface area contributed by atoms with Crippen molar-refractivity contribution in [3.05, 3.63) is 24.3 Å². The first kappa shape index (κ1) is 17.0. The molecule has 2 amide bonds. The fraction of sp³-hybridized carbons (Fsp3) is 0.579. The molecule has 1 aromatic carbocycles. The molecule has 2 aliphatic heterocycles. The fourth-order valence-electron chi connectivity index (χ4n) is 4.31. The lowest BCUT2D eigenvalue weighted by molar-refractivity contribution is -0.144. The van der Waals surface area contributed by atoms with E-state index in [4.69, 9.17) is 0 Å². The maximum absolute atomic E-state index is 12.7. The van der Waals surface area contributed by atoms with Crippen LogP contribution in [-0.2, 0) is 16.1 Å². The van der Waals surface area contributed by atoms with Crippen LogP contribution in [0.15, 0.2) is 24.3 Å². The van der Waals surface area contributed by atoms with Crippen molar-refractivity contribution in [3.8, 4) is 0 Å². The van der Waals surface area contributed by atoms with Crippen LogP contribution in [0.4, 0.5) is 0 Å². The number of piperidine rings is 2. The molecule has 0 bridgehead atoms. The van der Waals surface area contributed by atoms with Crippen LogP contribution in [0.5, 0.6) is 0 Å². The molecular formula is C19H25N5O2. The van der Waals surface area contributed by atoms with E-state index < -0.39 is 0 Å². The fourth-order valence-corrected chi connectivity index (χ4v) is 4.31. The van der Waals surface area contributed by atoms with Crippen LogP contribution < -0.4 is 0 Å². The second kappa shape index (κ2) is 7.05. The van der Waals surface area contributed by atoms with Crippen molar-refractivity contribution in [3.63, 3.8) is 0 Å². The van der Waals surface area contributed by atoms with E-state index in [1.807, 2.05) is 29.2 Å². The van der Waals surface area contributed by atoms with Crippen LogP contribution in [0.1, 0.15) is 32.6 Å². The largest absolute Gasteiger partial charge is 0.341 e. The van der Waals surface area contributed by atoms with Crippen molar-refractivity contribution >= 4 is 22.8 Å². The van der Waals surface area contributed by atoms with Crippen LogP contribution in [0, 0.1) is 5.92 Å². The summed E-state index contributed by atoms with van der Waals surface area (Å²) in [7, 11) is 0. The van der Waals surface area contributed by atoms with Gasteiger partial charge in [0.2, 0.25) is 11.8 Å². The number of amides is 2. The highest BCUT2D eigenvalue weighted by Gasteiger charge is 2.39. The van der Waals surface area contributed by atoms with Crippen molar-refractivity contribution in [2.45, 2.75) is 45.2 Å². The zero-order valence-electron chi connectivity index (χ0n) is 15.2. The molecular weight excluding hydrogens is 330 g/mol. The average Bonchev–Trinajstić information content (AvgIpc) is 3.06. The molecule has 0 radical (unpaired) electrons. The molecule has 26 heavy (non-hydrogen) atoms. The number of nitrogens with zero attached hydrogens (tertiary/aromatic N) is 5. The molecule has 3 heterocycles. The first-order valence-corrected chi connectivity index (χ1v) is 9.53. The van der Waals surface area contributed by atoms with Gasteiger partial charge in [-0.3, -0.25) is 9.59 Å². The Balaban J connectivity index is 1.41. The van der Waals surface area contributed by atoms with E-state index in [2.05, 4.69) is 22.0 Å². The minimum atomic E-state index is 0.0581. The second-order valence-electron chi connectivity index (χ2n) is 7.30. The first-order valence-electron chi connectivity index (χ1n) is 9.53. The van der Waals surface area contributed by atoms with Crippen molar-refractivity contribution in [1.82, 2.24) is 24.8 Å². The summed E-state index contributed by atoms with van der Waals surface area (Å²) in [4.78, 5) is 30.4. The van der Waals surface area contributed by atoms with Gasteiger partial charge in [0.1, 0.15) is 17.6 Å². The lowest BCUT2D eigenvalue weighted by atomic mass is 9.83. The van der Waals surface area contributed by atoms with E-state index in [1.54, 1.807) is 0 Å². The number of rotatable bonds is 4. The SMILES string of the molecule is CCCN1C(=O)CC[C@H]2CN(C(=O)Cn3nc4ccccc4n3)CC[C@H]21. The molecule has 7 heteroatoms. The summed E-state index contributed by atoms with van der Waals surface area (Å²) in [5, 5.41) is 8.76. The van der Waals surface area contributed by atoms with Crippen molar-refractivity contribution in [1.29, 1.82) is 0 Å². The number of fused-ring (bicyclic) bond motifs is 2. The van der Waals surface area contributed by atoms with Gasteiger partial charge in [0, 0.05) is 32.1 Å². The van der Waals surface area contributed by atoms with Gasteiger partial charge in [-0.25, -0.2) is 0 Å². The summed E-state index contributed by atoms with van der Waals surface area (Å²) in [5.74, 6) is 0.726. The van der Waals surface area contributed by atoms with Gasteiger partial charge in [0.05, 0.1) is 0 Å². The molecule has 2 aromatic rings. The quantitative estimate of drug-likeness (QED) is 0.837. The second-order valence-corrected chi connectivity index (χ2v) is 7.30. The highest BCUT2D eigenvalue weighted by atomic mass is 16.2. The zero-order valence-corrected chi connectivity index (χ0v) is 15.2. The predicted octanol–water partition coefficient (Wildman–Crippen LogP) is 1.68. The molecule has 2 fully saturated rings. The molecule has 0 spiro atoms. The third-order valence-electron chi connectivity index (χ3n) is 5.57. The topological polar surface area (TPSA) is 71.3 Å². The molecule has 0 N–H and O–H groups in total. The predicted molar refractivity (Wildman–Crippen MR) is 97.2 cm³/mol. The summed E-state index contributed by atoms with van der Waals surface area (Å²) in [6.45, 7) is 4.55. The van der Waals surface area contributed by atoms with Gasteiger partial charge >= 0.3 is 0 Å². The Kier molecular flexibility index (Phi) is 4.61. The van der Waals surface area contributed by atoms with Crippen LogP contribution >= 0.6 is 0 Å². The third-order valence-corrected chi connectivity index (χ3v) is 5.57. The molecule has 0 saturated carbocycles. The Morgan fingerprint density at radius 3 is 2.62 bits per heavy atom. The molecule has 2 saturated heterocycles. The lowest BCUT2D eigenvalue weighted by Crippen LogP contribution is -2.57. The molecule has 4 rings (SSSR count). The van der Waals surface area contributed by atoms with Gasteiger partial charge in [-0.1, -0.05) is 19.1 Å². The monoisotopic (exact) mass is 355 g/mol. The Morgan fingerprint density at radius 2 is 1.92 bits per heavy atom. The number of hydrogen-bond acceptors (Lipinski definition) is 4. The highest BCUT2D eigenvalue weighted by Crippen LogP contribution is 2.31. The molecule has 0 aliphatic carbocycles. The van der Waals surface area contributed by atoms with Crippen LogP contribution in [0.3, 0.4) is 0 Å². The van der Waals surface area contributed by atoms with E-state index in [-0.39, 0.29) is 18.4 Å². The van der Waals surface area contributed by atoms with E-state index in [1.165, 1.54) is 4.80 Å². The van der Waals surface area contributed by atoms with Crippen LogP contribution in [0.2, 0.25) is 0 Å². The minimum Gasteiger partial charge on any atom is -0.341 e. The van der Waals surface area contributed by atoms with Crippen molar-refractivity contribution in [2.75, 3.05) is 19.6 Å². The number of likely N-dealkylation sites (tertiary alicyclic amines) is 2. The number of carbonyl (C=O) groups excluding carboxylic acids is 2. The van der Waals surface area contributed by atoms with Gasteiger partial charge in [0.15, 0.2) is 0 Å². The van der Waals surface area contributed by atoms with Gasteiger partial charge in [-0.05, 0) is 37.3 Å². The van der Waals surface area contributed by atoms with Gasteiger partial charge in [-0.2, -0.15) is 15.0 Å². The van der Waals surface area contributed by atoms with Crippen LogP contribution in [-0.4, -0.2) is 62.3 Å². The van der Waals surface area contributed by atoms with Gasteiger partial charge in [-0.15, -0.1) is 0 Å². The molecule has 7 nitrogen and oxygen atoms in total. The normalized spacial score (nSPS) is 23.3. The zero-order chi connectivity index (χ0) is 18.1. The summed E-state index contributed by atoms with van der Waals surface area (Å²) >= 11 is 0. The Labute approximate surface area is 152 Å². The standard InChI is InChI=1S/C19H25N5O2/c1-2-10-23-17-9-11-22(12-14(17)7-8-18(23)25)19(26)13-24-20-15-5-3-4-6-16(15)21-24/h3-6,14,17H,2,7-13H2,1H3/t14-,17+/m0/s1. The summed E-state index contributed by atoms with van der Waals surface area (Å²) in [5.41, 5.74) is 1.61. The van der Waals surface area contributed by atoms with Crippen molar-refractivity contribution in [2.24, 2.45) is 5.92 Å². The first-order chi connectivity index (χ1) is 12.7. The highest BCUT2D eigenvalue weighted by molar-refractivity contribution is 5.79. The van der Waals surface area contributed by atoms with Crippen molar-refractivity contribution < 1.29 is 9.59 Å². The molecule has 2 aliphatic rings. The lowest BCUT2D eigenvalue weighted by Gasteiger charge is -2.47. The van der Waals surface area contributed by atoms with Gasteiger partial charge in [0.25, 0.3) is 0 Å². The smallest absolute Gasteiger partial charge is 0.246 e.